The first kappa shape index (κ1) is 20.9. The molecule has 29 heavy (non-hydrogen) atoms. The molecule has 1 aliphatic rings. The number of anilines is 1. The van der Waals surface area contributed by atoms with E-state index in [0.29, 0.717) is 35.1 Å². The van der Waals surface area contributed by atoms with Crippen molar-refractivity contribution in [1.82, 2.24) is 0 Å². The maximum atomic E-state index is 12.5. The zero-order valence-electron chi connectivity index (χ0n) is 17.1. The minimum Gasteiger partial charge on any atom is -0.493 e. The highest BCUT2D eigenvalue weighted by atomic mass is 16.5. The van der Waals surface area contributed by atoms with Crippen LogP contribution in [0.4, 0.5) is 5.69 Å². The van der Waals surface area contributed by atoms with Gasteiger partial charge >= 0.3 is 5.97 Å². The zero-order valence-corrected chi connectivity index (χ0v) is 17.1. The Morgan fingerprint density at radius 3 is 2.41 bits per heavy atom. The van der Waals surface area contributed by atoms with E-state index >= 15 is 0 Å². The van der Waals surface area contributed by atoms with Crippen LogP contribution < -0.4 is 10.1 Å². The molecule has 0 radical (unpaired) electrons. The standard InChI is InChI=1S/C24H29NO4/c1-17(2)16-28-22-10-6-7-19(15-22)23(26)25-20-13-11-18(12-14-20)24(27)29-21-8-4-3-5-9-21/h6-7,10-15,17,21H,3-5,8-9,16H2,1-2H3,(H,25,26). The van der Waals surface area contributed by atoms with Crippen molar-refractivity contribution in [3.05, 3.63) is 59.7 Å². The summed E-state index contributed by atoms with van der Waals surface area (Å²) in [6, 6.07) is 13.9. The molecule has 2 aromatic rings. The summed E-state index contributed by atoms with van der Waals surface area (Å²) < 4.78 is 11.3. The van der Waals surface area contributed by atoms with Gasteiger partial charge < -0.3 is 14.8 Å². The Bertz CT molecular complexity index is 823. The van der Waals surface area contributed by atoms with Crippen molar-refractivity contribution in [3.63, 3.8) is 0 Å². The number of carbonyl (C=O) groups excluding carboxylic acids is 2. The van der Waals surface area contributed by atoms with Crippen LogP contribution in [0.1, 0.15) is 66.7 Å². The van der Waals surface area contributed by atoms with Crippen molar-refractivity contribution >= 4 is 17.6 Å². The summed E-state index contributed by atoms with van der Waals surface area (Å²) in [7, 11) is 0. The van der Waals surface area contributed by atoms with E-state index in [1.54, 1.807) is 42.5 Å². The van der Waals surface area contributed by atoms with Crippen LogP contribution >= 0.6 is 0 Å². The van der Waals surface area contributed by atoms with E-state index in [1.165, 1.54) is 6.42 Å². The van der Waals surface area contributed by atoms with Crippen LogP contribution in [0.25, 0.3) is 0 Å². The highest BCUT2D eigenvalue weighted by Crippen LogP contribution is 2.22. The van der Waals surface area contributed by atoms with Gasteiger partial charge in [-0.2, -0.15) is 0 Å². The van der Waals surface area contributed by atoms with Gasteiger partial charge in [-0.25, -0.2) is 4.79 Å². The molecule has 0 spiro atoms. The van der Waals surface area contributed by atoms with E-state index in [9.17, 15) is 9.59 Å². The van der Waals surface area contributed by atoms with Crippen molar-refractivity contribution in [3.8, 4) is 5.75 Å². The van der Waals surface area contributed by atoms with Crippen LogP contribution in [0.3, 0.4) is 0 Å². The second-order valence-electron chi connectivity index (χ2n) is 7.93. The quantitative estimate of drug-likeness (QED) is 0.632. The van der Waals surface area contributed by atoms with Crippen LogP contribution in [-0.2, 0) is 4.74 Å². The van der Waals surface area contributed by atoms with Gasteiger partial charge in [0.15, 0.2) is 0 Å². The summed E-state index contributed by atoms with van der Waals surface area (Å²) in [5, 5.41) is 2.85. The van der Waals surface area contributed by atoms with Crippen LogP contribution in [0.5, 0.6) is 5.75 Å². The van der Waals surface area contributed by atoms with E-state index in [0.717, 1.165) is 25.7 Å². The molecule has 1 aliphatic carbocycles. The van der Waals surface area contributed by atoms with Gasteiger partial charge in [0.25, 0.3) is 5.91 Å². The van der Waals surface area contributed by atoms with Crippen LogP contribution in [-0.4, -0.2) is 24.6 Å². The van der Waals surface area contributed by atoms with Gasteiger partial charge in [0.1, 0.15) is 11.9 Å². The molecule has 0 aliphatic heterocycles. The average Bonchev–Trinajstić information content (AvgIpc) is 2.73. The Morgan fingerprint density at radius 2 is 1.72 bits per heavy atom. The van der Waals surface area contributed by atoms with Gasteiger partial charge in [-0.05, 0) is 74.1 Å². The lowest BCUT2D eigenvalue weighted by atomic mass is 9.98. The highest BCUT2D eigenvalue weighted by molar-refractivity contribution is 6.04. The first-order valence-corrected chi connectivity index (χ1v) is 10.4. The number of benzene rings is 2. The number of ether oxygens (including phenoxy) is 2. The van der Waals surface area contributed by atoms with Crippen molar-refractivity contribution in [2.75, 3.05) is 11.9 Å². The number of rotatable bonds is 7. The zero-order chi connectivity index (χ0) is 20.6. The molecule has 0 bridgehead atoms. The summed E-state index contributed by atoms with van der Waals surface area (Å²) in [4.78, 5) is 24.8. The summed E-state index contributed by atoms with van der Waals surface area (Å²) in [6.07, 6.45) is 5.37. The molecule has 0 saturated heterocycles. The van der Waals surface area contributed by atoms with E-state index in [-0.39, 0.29) is 18.0 Å². The van der Waals surface area contributed by atoms with Gasteiger partial charge in [0.05, 0.1) is 12.2 Å². The molecule has 0 atom stereocenters. The molecule has 2 aromatic carbocycles. The van der Waals surface area contributed by atoms with Crippen LogP contribution in [0.2, 0.25) is 0 Å². The lowest BCUT2D eigenvalue weighted by Gasteiger charge is -2.21. The maximum Gasteiger partial charge on any atom is 0.338 e. The minimum absolute atomic E-state index is 0.0285. The molecular weight excluding hydrogens is 366 g/mol. The molecule has 1 N–H and O–H groups in total. The summed E-state index contributed by atoms with van der Waals surface area (Å²) in [5.74, 6) is 0.560. The third-order valence-corrected chi connectivity index (χ3v) is 4.88. The molecule has 154 valence electrons. The van der Waals surface area contributed by atoms with Gasteiger partial charge in [-0.3, -0.25) is 4.79 Å². The molecule has 3 rings (SSSR count). The second-order valence-corrected chi connectivity index (χ2v) is 7.93. The van der Waals surface area contributed by atoms with Gasteiger partial charge in [-0.15, -0.1) is 0 Å². The third kappa shape index (κ3) is 6.34. The predicted octanol–water partition coefficient (Wildman–Crippen LogP) is 5.46. The number of hydrogen-bond acceptors (Lipinski definition) is 4. The first-order chi connectivity index (χ1) is 14.0. The number of amides is 1. The first-order valence-electron chi connectivity index (χ1n) is 10.4. The maximum absolute atomic E-state index is 12.5. The normalized spacial score (nSPS) is 14.4. The largest absolute Gasteiger partial charge is 0.493 e. The molecule has 1 fully saturated rings. The average molecular weight is 395 g/mol. The monoisotopic (exact) mass is 395 g/mol. The lowest BCUT2D eigenvalue weighted by Crippen LogP contribution is -2.21. The van der Waals surface area contributed by atoms with Crippen molar-refractivity contribution in [1.29, 1.82) is 0 Å². The number of esters is 1. The highest BCUT2D eigenvalue weighted by Gasteiger charge is 2.18. The number of hydrogen-bond donors (Lipinski definition) is 1. The fourth-order valence-corrected chi connectivity index (χ4v) is 3.29. The summed E-state index contributed by atoms with van der Waals surface area (Å²) >= 11 is 0. The molecule has 5 nitrogen and oxygen atoms in total. The third-order valence-electron chi connectivity index (χ3n) is 4.88. The fraction of sp³-hybridized carbons (Fsp3) is 0.417. The Labute approximate surface area is 172 Å². The molecular formula is C24H29NO4. The SMILES string of the molecule is CC(C)COc1cccc(C(=O)Nc2ccc(C(=O)OC3CCCCC3)cc2)c1. The Hall–Kier alpha value is -2.82. The Morgan fingerprint density at radius 1 is 1.00 bits per heavy atom. The van der Waals surface area contributed by atoms with Crippen molar-refractivity contribution < 1.29 is 19.1 Å². The minimum atomic E-state index is -0.301. The predicted molar refractivity (Wildman–Crippen MR) is 113 cm³/mol. The molecule has 5 heteroatoms. The number of carbonyl (C=O) groups is 2. The molecule has 1 amide bonds. The van der Waals surface area contributed by atoms with E-state index in [2.05, 4.69) is 19.2 Å². The van der Waals surface area contributed by atoms with E-state index < -0.39 is 0 Å². The molecule has 0 unspecified atom stereocenters. The summed E-state index contributed by atoms with van der Waals surface area (Å²) in [5.41, 5.74) is 1.64. The van der Waals surface area contributed by atoms with Gasteiger partial charge in [0.2, 0.25) is 0 Å². The summed E-state index contributed by atoms with van der Waals surface area (Å²) in [6.45, 7) is 4.75. The van der Waals surface area contributed by atoms with Crippen LogP contribution in [0, 0.1) is 5.92 Å². The molecule has 1 saturated carbocycles. The topological polar surface area (TPSA) is 64.6 Å². The second kappa shape index (κ2) is 10.1. The van der Waals surface area contributed by atoms with E-state index in [1.807, 2.05) is 6.07 Å². The smallest absolute Gasteiger partial charge is 0.338 e. The Balaban J connectivity index is 1.57. The van der Waals surface area contributed by atoms with E-state index in [4.69, 9.17) is 9.47 Å². The van der Waals surface area contributed by atoms with Gasteiger partial charge in [0, 0.05) is 11.3 Å². The van der Waals surface area contributed by atoms with Crippen LogP contribution in [0.15, 0.2) is 48.5 Å². The molecule has 0 aromatic heterocycles. The number of nitrogens with one attached hydrogen (secondary N) is 1. The van der Waals surface area contributed by atoms with Crippen molar-refractivity contribution in [2.24, 2.45) is 5.92 Å². The molecule has 0 heterocycles. The fourth-order valence-electron chi connectivity index (χ4n) is 3.29. The lowest BCUT2D eigenvalue weighted by molar-refractivity contribution is 0.0211. The van der Waals surface area contributed by atoms with Gasteiger partial charge in [-0.1, -0.05) is 26.3 Å². The van der Waals surface area contributed by atoms with Crippen molar-refractivity contribution in [2.45, 2.75) is 52.1 Å². The Kier molecular flexibility index (Phi) is 7.28.